The summed E-state index contributed by atoms with van der Waals surface area (Å²) in [4.78, 5) is 2.03. The standard InChI is InChI=1S/C13H23N5S/c1-5-9-10(6-2)16-17-13(11(9)12(14)15)18(3)7-8-19-4/h5-8H2,1-4H3,(H3,14,15). The second kappa shape index (κ2) is 7.33. The number of aryl methyl sites for hydroxylation is 1. The van der Waals surface area contributed by atoms with E-state index in [9.17, 15) is 0 Å². The number of aromatic nitrogens is 2. The van der Waals surface area contributed by atoms with E-state index in [4.69, 9.17) is 11.1 Å². The number of rotatable bonds is 7. The number of anilines is 1. The van der Waals surface area contributed by atoms with Crippen molar-refractivity contribution >= 4 is 23.4 Å². The van der Waals surface area contributed by atoms with Crippen LogP contribution >= 0.6 is 11.8 Å². The van der Waals surface area contributed by atoms with E-state index < -0.39 is 0 Å². The highest BCUT2D eigenvalue weighted by Gasteiger charge is 2.19. The molecule has 0 amide bonds. The predicted octanol–water partition coefficient (Wildman–Crippen LogP) is 1.68. The molecule has 0 saturated heterocycles. The van der Waals surface area contributed by atoms with Crippen molar-refractivity contribution in [1.82, 2.24) is 10.2 Å². The SMILES string of the molecule is CCc1nnc(N(C)CCSC)c(C(=N)N)c1CC. The number of nitrogens with zero attached hydrogens (tertiary/aromatic N) is 3. The summed E-state index contributed by atoms with van der Waals surface area (Å²) < 4.78 is 0. The number of thioether (sulfide) groups is 1. The minimum absolute atomic E-state index is 0.0763. The monoisotopic (exact) mass is 281 g/mol. The quantitative estimate of drug-likeness (QED) is 0.587. The van der Waals surface area contributed by atoms with Crippen LogP contribution in [0.25, 0.3) is 0 Å². The van der Waals surface area contributed by atoms with Crippen LogP contribution in [0.5, 0.6) is 0 Å². The maximum atomic E-state index is 7.84. The Labute approximate surface area is 119 Å². The molecule has 0 saturated carbocycles. The third-order valence-corrected chi connectivity index (χ3v) is 3.68. The van der Waals surface area contributed by atoms with Gasteiger partial charge in [0.25, 0.3) is 0 Å². The van der Waals surface area contributed by atoms with Gasteiger partial charge < -0.3 is 10.6 Å². The molecule has 0 unspecified atom stereocenters. The van der Waals surface area contributed by atoms with Crippen LogP contribution in [-0.4, -0.2) is 41.6 Å². The Morgan fingerprint density at radius 3 is 2.47 bits per heavy atom. The molecule has 1 heterocycles. The summed E-state index contributed by atoms with van der Waals surface area (Å²) in [5.74, 6) is 1.80. The largest absolute Gasteiger partial charge is 0.384 e. The minimum atomic E-state index is 0.0763. The summed E-state index contributed by atoms with van der Waals surface area (Å²) in [5, 5.41) is 16.4. The molecule has 0 bridgehead atoms. The number of hydrogen-bond donors (Lipinski definition) is 2. The second-order valence-electron chi connectivity index (χ2n) is 4.36. The molecule has 0 atom stereocenters. The van der Waals surface area contributed by atoms with Crippen molar-refractivity contribution in [3.63, 3.8) is 0 Å². The second-order valence-corrected chi connectivity index (χ2v) is 5.34. The first-order valence-electron chi connectivity index (χ1n) is 6.49. The van der Waals surface area contributed by atoms with Crippen molar-refractivity contribution in [2.45, 2.75) is 26.7 Å². The lowest BCUT2D eigenvalue weighted by Gasteiger charge is -2.22. The zero-order valence-corrected chi connectivity index (χ0v) is 13.0. The molecule has 106 valence electrons. The van der Waals surface area contributed by atoms with Crippen LogP contribution in [0.15, 0.2) is 0 Å². The van der Waals surface area contributed by atoms with Crippen LogP contribution in [0.4, 0.5) is 5.82 Å². The van der Waals surface area contributed by atoms with E-state index in [2.05, 4.69) is 23.4 Å². The van der Waals surface area contributed by atoms with Crippen LogP contribution in [0, 0.1) is 5.41 Å². The van der Waals surface area contributed by atoms with Gasteiger partial charge in [0.2, 0.25) is 0 Å². The smallest absolute Gasteiger partial charge is 0.162 e. The Kier molecular flexibility index (Phi) is 6.08. The number of nitrogens with one attached hydrogen (secondary N) is 1. The molecular formula is C13H23N5S. The summed E-state index contributed by atoms with van der Waals surface area (Å²) >= 11 is 1.78. The topological polar surface area (TPSA) is 78.9 Å². The fraction of sp³-hybridized carbons (Fsp3) is 0.615. The van der Waals surface area contributed by atoms with E-state index >= 15 is 0 Å². The third kappa shape index (κ3) is 3.59. The maximum absolute atomic E-state index is 7.84. The van der Waals surface area contributed by atoms with E-state index in [-0.39, 0.29) is 5.84 Å². The molecule has 19 heavy (non-hydrogen) atoms. The van der Waals surface area contributed by atoms with Crippen molar-refractivity contribution in [2.24, 2.45) is 5.73 Å². The van der Waals surface area contributed by atoms with E-state index in [1.54, 1.807) is 11.8 Å². The van der Waals surface area contributed by atoms with Crippen LogP contribution in [0.1, 0.15) is 30.7 Å². The molecule has 0 aromatic carbocycles. The summed E-state index contributed by atoms with van der Waals surface area (Å²) in [6, 6.07) is 0. The predicted molar refractivity (Wildman–Crippen MR) is 83.5 cm³/mol. The van der Waals surface area contributed by atoms with Gasteiger partial charge in [-0.25, -0.2) is 0 Å². The Balaban J connectivity index is 3.27. The lowest BCUT2D eigenvalue weighted by molar-refractivity contribution is 0.836. The van der Waals surface area contributed by atoms with Crippen LogP contribution in [0.2, 0.25) is 0 Å². The minimum Gasteiger partial charge on any atom is -0.384 e. The van der Waals surface area contributed by atoms with Crippen molar-refractivity contribution < 1.29 is 0 Å². The summed E-state index contributed by atoms with van der Waals surface area (Å²) in [5.41, 5.74) is 8.50. The molecule has 0 aliphatic rings. The van der Waals surface area contributed by atoms with Crippen molar-refractivity contribution in [2.75, 3.05) is 30.5 Å². The Morgan fingerprint density at radius 1 is 1.32 bits per heavy atom. The van der Waals surface area contributed by atoms with Gasteiger partial charge in [-0.3, -0.25) is 5.41 Å². The molecule has 1 aromatic heterocycles. The molecule has 1 aromatic rings. The average Bonchev–Trinajstić information content (AvgIpc) is 2.42. The first-order chi connectivity index (χ1) is 9.06. The highest BCUT2D eigenvalue weighted by atomic mass is 32.2. The molecule has 0 fully saturated rings. The number of nitrogens with two attached hydrogens (primary N) is 1. The summed E-state index contributed by atoms with van der Waals surface area (Å²) in [6.07, 6.45) is 3.70. The van der Waals surface area contributed by atoms with Gasteiger partial charge in [0.05, 0.1) is 11.3 Å². The van der Waals surface area contributed by atoms with E-state index in [0.29, 0.717) is 0 Å². The van der Waals surface area contributed by atoms with Gasteiger partial charge in [-0.05, 0) is 24.7 Å². The van der Waals surface area contributed by atoms with Crippen molar-refractivity contribution in [3.05, 3.63) is 16.8 Å². The summed E-state index contributed by atoms with van der Waals surface area (Å²) in [7, 11) is 1.97. The van der Waals surface area contributed by atoms with E-state index in [0.717, 1.165) is 47.8 Å². The zero-order chi connectivity index (χ0) is 14.4. The fourth-order valence-corrected chi connectivity index (χ4v) is 2.50. The lowest BCUT2D eigenvalue weighted by Crippen LogP contribution is -2.28. The van der Waals surface area contributed by atoms with Crippen molar-refractivity contribution in [1.29, 1.82) is 5.41 Å². The zero-order valence-electron chi connectivity index (χ0n) is 12.2. The molecular weight excluding hydrogens is 258 g/mol. The Hall–Kier alpha value is -1.30. The molecule has 3 N–H and O–H groups in total. The number of hydrogen-bond acceptors (Lipinski definition) is 5. The number of nitrogen functional groups attached to an aromatic ring is 1. The first kappa shape index (κ1) is 15.8. The molecule has 1 rings (SSSR count). The highest BCUT2D eigenvalue weighted by molar-refractivity contribution is 7.98. The lowest BCUT2D eigenvalue weighted by atomic mass is 10.0. The average molecular weight is 281 g/mol. The van der Waals surface area contributed by atoms with Crippen LogP contribution in [-0.2, 0) is 12.8 Å². The molecule has 5 nitrogen and oxygen atoms in total. The van der Waals surface area contributed by atoms with Crippen LogP contribution in [0.3, 0.4) is 0 Å². The fourth-order valence-electron chi connectivity index (χ4n) is 2.05. The highest BCUT2D eigenvalue weighted by Crippen LogP contribution is 2.23. The maximum Gasteiger partial charge on any atom is 0.162 e. The molecule has 0 radical (unpaired) electrons. The molecule has 0 aliphatic heterocycles. The molecule has 0 aliphatic carbocycles. The van der Waals surface area contributed by atoms with Gasteiger partial charge in [0.1, 0.15) is 5.84 Å². The van der Waals surface area contributed by atoms with Crippen molar-refractivity contribution in [3.8, 4) is 0 Å². The van der Waals surface area contributed by atoms with Gasteiger partial charge >= 0.3 is 0 Å². The van der Waals surface area contributed by atoms with Gasteiger partial charge in [0.15, 0.2) is 5.82 Å². The number of amidine groups is 1. The van der Waals surface area contributed by atoms with Gasteiger partial charge in [0, 0.05) is 19.3 Å². The van der Waals surface area contributed by atoms with Gasteiger partial charge in [-0.15, -0.1) is 5.10 Å². The van der Waals surface area contributed by atoms with E-state index in [1.807, 2.05) is 18.9 Å². The third-order valence-electron chi connectivity index (χ3n) is 3.09. The molecule has 0 spiro atoms. The van der Waals surface area contributed by atoms with Gasteiger partial charge in [-0.2, -0.15) is 16.9 Å². The Morgan fingerprint density at radius 2 is 2.00 bits per heavy atom. The normalized spacial score (nSPS) is 10.5. The summed E-state index contributed by atoms with van der Waals surface area (Å²) in [6.45, 7) is 4.98. The van der Waals surface area contributed by atoms with Crippen LogP contribution < -0.4 is 10.6 Å². The first-order valence-corrected chi connectivity index (χ1v) is 7.89. The molecule has 6 heteroatoms. The van der Waals surface area contributed by atoms with E-state index in [1.165, 1.54) is 0 Å². The van der Waals surface area contributed by atoms with Gasteiger partial charge in [-0.1, -0.05) is 13.8 Å². The Bertz CT molecular complexity index is 447.